The molecule has 0 aromatic carbocycles. The maximum Gasteiger partial charge on any atom is 0.303 e. The Morgan fingerprint density at radius 1 is 1.22 bits per heavy atom. The summed E-state index contributed by atoms with van der Waals surface area (Å²) in [5, 5.41) is 8.59. The molecule has 2 heterocycles. The standard InChI is InChI=1S/C13H24N2O3/c16-13(17)3-1-2-5-14-6-4-12(11-14)15-7-9-18-10-8-15/h12H,1-11H2,(H,16,17). The smallest absolute Gasteiger partial charge is 0.303 e. The number of aliphatic carboxylic acids is 1. The first-order valence-electron chi connectivity index (χ1n) is 7.01. The number of carbonyl (C=O) groups is 1. The number of ether oxygens (including phenoxy) is 1. The van der Waals surface area contributed by atoms with Crippen molar-refractivity contribution in [1.82, 2.24) is 9.80 Å². The number of carboxylic acid groups (broad SMARTS) is 1. The molecule has 0 amide bonds. The monoisotopic (exact) mass is 256 g/mol. The largest absolute Gasteiger partial charge is 0.481 e. The predicted molar refractivity (Wildman–Crippen MR) is 68.7 cm³/mol. The summed E-state index contributed by atoms with van der Waals surface area (Å²) in [6, 6.07) is 0.688. The van der Waals surface area contributed by atoms with E-state index in [0.29, 0.717) is 12.5 Å². The molecule has 2 aliphatic rings. The van der Waals surface area contributed by atoms with Gasteiger partial charge in [-0.1, -0.05) is 0 Å². The van der Waals surface area contributed by atoms with Crippen LogP contribution in [-0.4, -0.2) is 72.9 Å². The van der Waals surface area contributed by atoms with Crippen LogP contribution in [0.25, 0.3) is 0 Å². The average molecular weight is 256 g/mol. The number of nitrogens with zero attached hydrogens (tertiary/aromatic N) is 2. The van der Waals surface area contributed by atoms with Crippen molar-refractivity contribution in [1.29, 1.82) is 0 Å². The Kier molecular flexibility index (Phi) is 5.41. The molecule has 2 saturated heterocycles. The average Bonchev–Trinajstić information content (AvgIpc) is 2.84. The molecule has 18 heavy (non-hydrogen) atoms. The van der Waals surface area contributed by atoms with Crippen LogP contribution in [0.4, 0.5) is 0 Å². The number of unbranched alkanes of at least 4 members (excludes halogenated alkanes) is 1. The zero-order valence-electron chi connectivity index (χ0n) is 11.0. The van der Waals surface area contributed by atoms with Gasteiger partial charge >= 0.3 is 5.97 Å². The topological polar surface area (TPSA) is 53.0 Å². The van der Waals surface area contributed by atoms with Crippen molar-refractivity contribution in [3.63, 3.8) is 0 Å². The van der Waals surface area contributed by atoms with Gasteiger partial charge in [0.1, 0.15) is 0 Å². The Morgan fingerprint density at radius 3 is 2.72 bits per heavy atom. The molecule has 5 heteroatoms. The zero-order chi connectivity index (χ0) is 12.8. The SMILES string of the molecule is O=C(O)CCCCN1CCC(N2CCOCC2)C1. The van der Waals surface area contributed by atoms with E-state index >= 15 is 0 Å². The maximum absolute atomic E-state index is 10.4. The molecular formula is C13H24N2O3. The Hall–Kier alpha value is -0.650. The third-order valence-electron chi connectivity index (χ3n) is 3.92. The van der Waals surface area contributed by atoms with E-state index in [-0.39, 0.29) is 0 Å². The molecule has 2 aliphatic heterocycles. The van der Waals surface area contributed by atoms with Gasteiger partial charge in [0.05, 0.1) is 13.2 Å². The van der Waals surface area contributed by atoms with Crippen LogP contribution >= 0.6 is 0 Å². The summed E-state index contributed by atoms with van der Waals surface area (Å²) in [6.07, 6.45) is 3.36. The van der Waals surface area contributed by atoms with Gasteiger partial charge < -0.3 is 14.7 Å². The highest BCUT2D eigenvalue weighted by atomic mass is 16.5. The lowest BCUT2D eigenvalue weighted by Crippen LogP contribution is -2.44. The van der Waals surface area contributed by atoms with Crippen molar-refractivity contribution >= 4 is 5.97 Å². The second-order valence-electron chi connectivity index (χ2n) is 5.24. The molecule has 104 valence electrons. The lowest BCUT2D eigenvalue weighted by Gasteiger charge is -2.32. The summed E-state index contributed by atoms with van der Waals surface area (Å²) in [4.78, 5) is 15.4. The molecule has 2 rings (SSSR count). The molecule has 0 bridgehead atoms. The first kappa shape index (κ1) is 13.8. The molecule has 0 spiro atoms. The van der Waals surface area contributed by atoms with Crippen molar-refractivity contribution in [2.24, 2.45) is 0 Å². The van der Waals surface area contributed by atoms with Crippen LogP contribution in [0, 0.1) is 0 Å². The van der Waals surface area contributed by atoms with Gasteiger partial charge in [0, 0.05) is 32.1 Å². The van der Waals surface area contributed by atoms with Crippen LogP contribution in [0.3, 0.4) is 0 Å². The molecule has 1 atom stereocenters. The molecule has 0 aromatic rings. The molecule has 0 aromatic heterocycles. The van der Waals surface area contributed by atoms with Crippen LogP contribution in [-0.2, 0) is 9.53 Å². The fraction of sp³-hybridized carbons (Fsp3) is 0.923. The highest BCUT2D eigenvalue weighted by molar-refractivity contribution is 5.66. The second-order valence-corrected chi connectivity index (χ2v) is 5.24. The minimum absolute atomic E-state index is 0.306. The van der Waals surface area contributed by atoms with E-state index in [4.69, 9.17) is 9.84 Å². The fourth-order valence-corrected chi connectivity index (χ4v) is 2.87. The van der Waals surface area contributed by atoms with Crippen molar-refractivity contribution in [2.45, 2.75) is 31.7 Å². The summed E-state index contributed by atoms with van der Waals surface area (Å²) in [7, 11) is 0. The van der Waals surface area contributed by atoms with Crippen molar-refractivity contribution in [3.05, 3.63) is 0 Å². The van der Waals surface area contributed by atoms with E-state index in [2.05, 4.69) is 9.80 Å². The van der Waals surface area contributed by atoms with Crippen molar-refractivity contribution in [2.75, 3.05) is 45.9 Å². The molecule has 5 nitrogen and oxygen atoms in total. The van der Waals surface area contributed by atoms with Crippen molar-refractivity contribution < 1.29 is 14.6 Å². The Labute approximate surface area is 109 Å². The summed E-state index contributed by atoms with van der Waals surface area (Å²) in [6.45, 7) is 7.23. The summed E-state index contributed by atoms with van der Waals surface area (Å²) >= 11 is 0. The lowest BCUT2D eigenvalue weighted by atomic mass is 10.2. The number of morpholine rings is 1. The quantitative estimate of drug-likeness (QED) is 0.707. The number of hydrogen-bond acceptors (Lipinski definition) is 4. The van der Waals surface area contributed by atoms with E-state index in [1.54, 1.807) is 0 Å². The van der Waals surface area contributed by atoms with Gasteiger partial charge in [0.25, 0.3) is 0 Å². The number of hydrogen-bond donors (Lipinski definition) is 1. The Morgan fingerprint density at radius 2 is 2.00 bits per heavy atom. The van der Waals surface area contributed by atoms with E-state index in [1.807, 2.05) is 0 Å². The van der Waals surface area contributed by atoms with Gasteiger partial charge in [-0.2, -0.15) is 0 Å². The highest BCUT2D eigenvalue weighted by Crippen LogP contribution is 2.17. The number of carboxylic acids is 1. The van der Waals surface area contributed by atoms with Gasteiger partial charge in [-0.15, -0.1) is 0 Å². The Balaban J connectivity index is 1.60. The first-order chi connectivity index (χ1) is 8.75. The Bertz CT molecular complexity index is 267. The molecule has 1 N–H and O–H groups in total. The minimum atomic E-state index is -0.678. The summed E-state index contributed by atoms with van der Waals surface area (Å²) in [5.41, 5.74) is 0. The van der Waals surface area contributed by atoms with Crippen LogP contribution < -0.4 is 0 Å². The number of likely N-dealkylation sites (tertiary alicyclic amines) is 1. The van der Waals surface area contributed by atoms with Crippen molar-refractivity contribution in [3.8, 4) is 0 Å². The molecule has 0 aliphatic carbocycles. The van der Waals surface area contributed by atoms with E-state index < -0.39 is 5.97 Å². The summed E-state index contributed by atoms with van der Waals surface area (Å²) < 4.78 is 5.38. The van der Waals surface area contributed by atoms with Gasteiger partial charge in [-0.05, 0) is 32.4 Å². The normalized spacial score (nSPS) is 26.6. The van der Waals surface area contributed by atoms with Gasteiger partial charge in [-0.25, -0.2) is 0 Å². The minimum Gasteiger partial charge on any atom is -0.481 e. The van der Waals surface area contributed by atoms with E-state index in [9.17, 15) is 4.79 Å². The molecule has 0 saturated carbocycles. The van der Waals surface area contributed by atoms with E-state index in [1.165, 1.54) is 6.42 Å². The van der Waals surface area contributed by atoms with Crippen LogP contribution in [0.5, 0.6) is 0 Å². The van der Waals surface area contributed by atoms with E-state index in [0.717, 1.165) is 58.8 Å². The predicted octanol–water partition coefficient (Wildman–Crippen LogP) is 0.648. The van der Waals surface area contributed by atoms with Crippen LogP contribution in [0.1, 0.15) is 25.7 Å². The molecular weight excluding hydrogens is 232 g/mol. The third kappa shape index (κ3) is 4.23. The third-order valence-corrected chi connectivity index (χ3v) is 3.92. The van der Waals surface area contributed by atoms with Gasteiger partial charge in [-0.3, -0.25) is 9.69 Å². The molecule has 1 unspecified atom stereocenters. The first-order valence-corrected chi connectivity index (χ1v) is 7.01. The molecule has 2 fully saturated rings. The highest BCUT2D eigenvalue weighted by Gasteiger charge is 2.28. The van der Waals surface area contributed by atoms with Crippen LogP contribution in [0.15, 0.2) is 0 Å². The van der Waals surface area contributed by atoms with Gasteiger partial charge in [0.2, 0.25) is 0 Å². The zero-order valence-corrected chi connectivity index (χ0v) is 11.0. The number of rotatable bonds is 6. The summed E-state index contributed by atoms with van der Waals surface area (Å²) in [5.74, 6) is -0.678. The fourth-order valence-electron chi connectivity index (χ4n) is 2.87. The van der Waals surface area contributed by atoms with Crippen LogP contribution in [0.2, 0.25) is 0 Å². The van der Waals surface area contributed by atoms with Gasteiger partial charge in [0.15, 0.2) is 0 Å². The maximum atomic E-state index is 10.4. The lowest BCUT2D eigenvalue weighted by molar-refractivity contribution is -0.137. The second kappa shape index (κ2) is 7.07. The molecule has 0 radical (unpaired) electrons.